The van der Waals surface area contributed by atoms with Crippen LogP contribution in [-0.2, 0) is 0 Å². The minimum absolute atomic E-state index is 1.11. The number of benzene rings is 8. The zero-order chi connectivity index (χ0) is 31.9. The summed E-state index contributed by atoms with van der Waals surface area (Å²) in [6.45, 7) is 0. The average molecular weight is 613 g/mol. The number of fused-ring (bicyclic) bond motifs is 5. The molecule has 0 saturated heterocycles. The number of nitrogens with zero attached hydrogens (tertiary/aromatic N) is 2. The van der Waals surface area contributed by atoms with Crippen LogP contribution in [0, 0.1) is 0 Å². The second-order valence-corrected chi connectivity index (χ2v) is 12.2. The molecule has 0 spiro atoms. The molecule has 9 aromatic rings. The fraction of sp³-hybridized carbons (Fsp3) is 0. The summed E-state index contributed by atoms with van der Waals surface area (Å²) < 4.78 is 2.44. The largest absolute Gasteiger partial charge is 0.310 e. The molecule has 0 radical (unpaired) electrons. The summed E-state index contributed by atoms with van der Waals surface area (Å²) in [5.74, 6) is 0. The second-order valence-electron chi connectivity index (χ2n) is 12.2. The quantitative estimate of drug-likeness (QED) is 0.181. The van der Waals surface area contributed by atoms with Crippen LogP contribution in [0.5, 0.6) is 0 Å². The lowest BCUT2D eigenvalue weighted by Gasteiger charge is -2.27. The summed E-state index contributed by atoms with van der Waals surface area (Å²) in [7, 11) is 0. The van der Waals surface area contributed by atoms with Gasteiger partial charge in [0.15, 0.2) is 0 Å². The molecule has 0 N–H and O–H groups in total. The summed E-state index contributed by atoms with van der Waals surface area (Å²) in [6, 6.07) is 69.9. The maximum absolute atomic E-state index is 2.44. The summed E-state index contributed by atoms with van der Waals surface area (Å²) in [5.41, 5.74) is 11.7. The topological polar surface area (TPSA) is 8.17 Å². The third-order valence-electron chi connectivity index (χ3n) is 9.36. The maximum atomic E-state index is 2.44. The second kappa shape index (κ2) is 11.8. The third-order valence-corrected chi connectivity index (χ3v) is 9.36. The lowest BCUT2D eigenvalue weighted by atomic mass is 10.0. The molecule has 0 fully saturated rings. The van der Waals surface area contributed by atoms with Crippen molar-refractivity contribution in [2.24, 2.45) is 0 Å². The average Bonchev–Trinajstić information content (AvgIpc) is 3.52. The molecule has 1 heterocycles. The molecule has 0 aliphatic heterocycles. The van der Waals surface area contributed by atoms with Crippen LogP contribution >= 0.6 is 0 Å². The maximum Gasteiger partial charge on any atom is 0.0640 e. The van der Waals surface area contributed by atoms with Gasteiger partial charge in [-0.2, -0.15) is 0 Å². The molecule has 48 heavy (non-hydrogen) atoms. The van der Waals surface area contributed by atoms with Crippen LogP contribution < -0.4 is 4.90 Å². The highest BCUT2D eigenvalue weighted by Gasteiger charge is 2.23. The van der Waals surface area contributed by atoms with Crippen molar-refractivity contribution in [3.8, 4) is 27.9 Å². The smallest absolute Gasteiger partial charge is 0.0640 e. The van der Waals surface area contributed by atoms with Gasteiger partial charge in [0.05, 0.1) is 16.7 Å². The molecule has 0 saturated carbocycles. The highest BCUT2D eigenvalue weighted by atomic mass is 15.1. The highest BCUT2D eigenvalue weighted by molar-refractivity contribution is 6.24. The molecular formula is C46H32N2. The van der Waals surface area contributed by atoms with Gasteiger partial charge in [0.25, 0.3) is 0 Å². The SMILES string of the molecule is c1ccc(-c2ccc(N(c3ccc(-c4ccccc4)cc3)c3cc4ccccc4c4c3c3ccccc3n4-c3ccccc3)cc2)cc1. The van der Waals surface area contributed by atoms with E-state index in [1.807, 2.05) is 0 Å². The number of anilines is 3. The molecule has 0 bridgehead atoms. The van der Waals surface area contributed by atoms with Crippen molar-refractivity contribution in [2.45, 2.75) is 0 Å². The summed E-state index contributed by atoms with van der Waals surface area (Å²) in [6.07, 6.45) is 0. The molecule has 226 valence electrons. The molecule has 0 amide bonds. The Morgan fingerprint density at radius 1 is 0.375 bits per heavy atom. The van der Waals surface area contributed by atoms with Gasteiger partial charge in [-0.25, -0.2) is 0 Å². The van der Waals surface area contributed by atoms with Gasteiger partial charge in [-0.05, 0) is 76.2 Å². The number of para-hydroxylation sites is 2. The summed E-state index contributed by atoms with van der Waals surface area (Å²) in [5, 5.41) is 4.89. The lowest BCUT2D eigenvalue weighted by molar-refractivity contribution is 1.19. The van der Waals surface area contributed by atoms with Gasteiger partial charge in [-0.15, -0.1) is 0 Å². The molecule has 8 aromatic carbocycles. The Morgan fingerprint density at radius 2 is 0.833 bits per heavy atom. The van der Waals surface area contributed by atoms with Crippen molar-refractivity contribution >= 4 is 49.6 Å². The number of aromatic nitrogens is 1. The van der Waals surface area contributed by atoms with Crippen molar-refractivity contribution in [1.82, 2.24) is 4.57 Å². The summed E-state index contributed by atoms with van der Waals surface area (Å²) >= 11 is 0. The van der Waals surface area contributed by atoms with Gasteiger partial charge >= 0.3 is 0 Å². The molecule has 1 aromatic heterocycles. The first-order valence-electron chi connectivity index (χ1n) is 16.4. The van der Waals surface area contributed by atoms with Crippen LogP contribution in [0.25, 0.3) is 60.5 Å². The Kier molecular flexibility index (Phi) is 6.84. The van der Waals surface area contributed by atoms with Crippen molar-refractivity contribution < 1.29 is 0 Å². The Bertz CT molecular complexity index is 2430. The molecule has 9 rings (SSSR count). The molecule has 0 unspecified atom stereocenters. The molecule has 2 heteroatoms. The van der Waals surface area contributed by atoms with E-state index in [1.165, 1.54) is 54.8 Å². The van der Waals surface area contributed by atoms with Gasteiger partial charge in [-0.3, -0.25) is 0 Å². The van der Waals surface area contributed by atoms with E-state index in [4.69, 9.17) is 0 Å². The predicted molar refractivity (Wildman–Crippen MR) is 204 cm³/mol. The van der Waals surface area contributed by atoms with Crippen LogP contribution in [0.1, 0.15) is 0 Å². The fourth-order valence-corrected chi connectivity index (χ4v) is 7.13. The van der Waals surface area contributed by atoms with Gasteiger partial charge in [-0.1, -0.05) is 146 Å². The molecule has 0 aliphatic rings. The monoisotopic (exact) mass is 612 g/mol. The fourth-order valence-electron chi connectivity index (χ4n) is 7.13. The lowest BCUT2D eigenvalue weighted by Crippen LogP contribution is -2.10. The Balaban J connectivity index is 1.34. The van der Waals surface area contributed by atoms with Crippen LogP contribution in [-0.4, -0.2) is 4.57 Å². The van der Waals surface area contributed by atoms with E-state index in [2.05, 4.69) is 204 Å². The van der Waals surface area contributed by atoms with E-state index < -0.39 is 0 Å². The predicted octanol–water partition coefficient (Wildman–Crippen LogP) is 12.7. The van der Waals surface area contributed by atoms with Crippen molar-refractivity contribution in [3.63, 3.8) is 0 Å². The Labute approximate surface area is 280 Å². The van der Waals surface area contributed by atoms with Crippen LogP contribution in [0.3, 0.4) is 0 Å². The van der Waals surface area contributed by atoms with Crippen molar-refractivity contribution in [2.75, 3.05) is 4.90 Å². The van der Waals surface area contributed by atoms with Crippen LogP contribution in [0.15, 0.2) is 194 Å². The van der Waals surface area contributed by atoms with Crippen molar-refractivity contribution in [1.29, 1.82) is 0 Å². The zero-order valence-electron chi connectivity index (χ0n) is 26.4. The Morgan fingerprint density at radius 3 is 1.42 bits per heavy atom. The first-order chi connectivity index (χ1) is 23.8. The first kappa shape index (κ1) is 27.9. The van der Waals surface area contributed by atoms with E-state index >= 15 is 0 Å². The van der Waals surface area contributed by atoms with E-state index in [9.17, 15) is 0 Å². The number of hydrogen-bond donors (Lipinski definition) is 0. The summed E-state index contributed by atoms with van der Waals surface area (Å²) in [4.78, 5) is 2.43. The first-order valence-corrected chi connectivity index (χ1v) is 16.4. The standard InChI is InChI=1S/C46H32N2/c1-4-14-33(15-5-1)35-24-28-39(29-25-35)47(40-30-26-36(27-31-40)34-16-6-2-7-17-34)44-32-37-18-10-11-21-41(37)46-45(44)42-22-12-13-23-43(42)48(46)38-19-8-3-9-20-38/h1-32H. The zero-order valence-corrected chi connectivity index (χ0v) is 26.4. The normalized spacial score (nSPS) is 11.3. The van der Waals surface area contributed by atoms with Gasteiger partial charge in [0, 0.05) is 33.2 Å². The van der Waals surface area contributed by atoms with E-state index in [1.54, 1.807) is 0 Å². The molecular weight excluding hydrogens is 581 g/mol. The van der Waals surface area contributed by atoms with Gasteiger partial charge in [0.2, 0.25) is 0 Å². The van der Waals surface area contributed by atoms with E-state index in [0.29, 0.717) is 0 Å². The minimum Gasteiger partial charge on any atom is -0.310 e. The molecule has 0 aliphatic carbocycles. The molecule has 2 nitrogen and oxygen atoms in total. The van der Waals surface area contributed by atoms with Crippen LogP contribution in [0.2, 0.25) is 0 Å². The van der Waals surface area contributed by atoms with Gasteiger partial charge in [0.1, 0.15) is 0 Å². The number of rotatable bonds is 6. The van der Waals surface area contributed by atoms with Gasteiger partial charge < -0.3 is 9.47 Å². The molecule has 0 atom stereocenters. The Hall–Kier alpha value is -6.38. The number of hydrogen-bond acceptors (Lipinski definition) is 1. The van der Waals surface area contributed by atoms with Crippen LogP contribution in [0.4, 0.5) is 17.1 Å². The third kappa shape index (κ3) is 4.74. The minimum atomic E-state index is 1.11. The highest BCUT2D eigenvalue weighted by Crippen LogP contribution is 2.47. The van der Waals surface area contributed by atoms with Crippen molar-refractivity contribution in [3.05, 3.63) is 194 Å². The van der Waals surface area contributed by atoms with E-state index in [0.717, 1.165) is 22.7 Å². The van der Waals surface area contributed by atoms with E-state index in [-0.39, 0.29) is 0 Å².